The smallest absolute Gasteiger partial charge is 0.256 e. The van der Waals surface area contributed by atoms with Crippen LogP contribution in [0.5, 0.6) is 5.75 Å². The molecule has 0 saturated carbocycles. The van der Waals surface area contributed by atoms with Crippen LogP contribution in [-0.2, 0) is 9.59 Å². The molecule has 5 nitrogen and oxygen atoms in total. The summed E-state index contributed by atoms with van der Waals surface area (Å²) in [7, 11) is 0. The zero-order valence-corrected chi connectivity index (χ0v) is 13.0. The number of nitrogens with one attached hydrogen (secondary N) is 1. The standard InChI is InChI=1S/C18H18N2O3/c1-11-3-8-15(12(2)9-11)19-16-10-17(22)20(18(16)23)13-4-6-14(21)7-5-13/h3-9,16,19,21H,10H2,1-2H3. The van der Waals surface area contributed by atoms with Crippen molar-refractivity contribution >= 4 is 23.2 Å². The Balaban J connectivity index is 1.82. The molecule has 2 N–H and O–H groups in total. The van der Waals surface area contributed by atoms with Crippen LogP contribution < -0.4 is 10.2 Å². The summed E-state index contributed by atoms with van der Waals surface area (Å²) in [6, 6.07) is 11.4. The monoisotopic (exact) mass is 310 g/mol. The molecule has 1 atom stereocenters. The molecule has 1 unspecified atom stereocenters. The second-order valence-electron chi connectivity index (χ2n) is 5.80. The molecule has 0 radical (unpaired) electrons. The number of imide groups is 1. The quantitative estimate of drug-likeness (QED) is 0.855. The summed E-state index contributed by atoms with van der Waals surface area (Å²) in [5.41, 5.74) is 3.51. The Labute approximate surface area is 134 Å². The molecule has 0 bridgehead atoms. The largest absolute Gasteiger partial charge is 0.508 e. The highest BCUT2D eigenvalue weighted by Crippen LogP contribution is 2.27. The third-order valence-corrected chi connectivity index (χ3v) is 3.97. The fourth-order valence-corrected chi connectivity index (χ4v) is 2.78. The summed E-state index contributed by atoms with van der Waals surface area (Å²) in [5, 5.41) is 12.5. The van der Waals surface area contributed by atoms with Gasteiger partial charge in [0.05, 0.1) is 12.1 Å². The van der Waals surface area contributed by atoms with Crippen molar-refractivity contribution in [1.82, 2.24) is 0 Å². The lowest BCUT2D eigenvalue weighted by Crippen LogP contribution is -2.34. The Morgan fingerprint density at radius 3 is 2.43 bits per heavy atom. The van der Waals surface area contributed by atoms with Gasteiger partial charge in [-0.3, -0.25) is 9.59 Å². The average Bonchev–Trinajstić information content (AvgIpc) is 2.78. The van der Waals surface area contributed by atoms with E-state index in [2.05, 4.69) is 5.32 Å². The molecule has 3 rings (SSSR count). The van der Waals surface area contributed by atoms with Gasteiger partial charge in [0.2, 0.25) is 5.91 Å². The van der Waals surface area contributed by atoms with E-state index in [1.165, 1.54) is 17.0 Å². The predicted molar refractivity (Wildman–Crippen MR) is 88.5 cm³/mol. The Kier molecular flexibility index (Phi) is 3.78. The van der Waals surface area contributed by atoms with Gasteiger partial charge in [-0.05, 0) is 49.7 Å². The normalized spacial score (nSPS) is 17.7. The third-order valence-electron chi connectivity index (χ3n) is 3.97. The Hall–Kier alpha value is -2.82. The molecular weight excluding hydrogens is 292 g/mol. The lowest BCUT2D eigenvalue weighted by molar-refractivity contribution is -0.121. The second-order valence-corrected chi connectivity index (χ2v) is 5.80. The van der Waals surface area contributed by atoms with Crippen molar-refractivity contribution in [2.24, 2.45) is 0 Å². The Morgan fingerprint density at radius 1 is 1.09 bits per heavy atom. The number of aromatic hydroxyl groups is 1. The molecule has 1 aliphatic heterocycles. The Morgan fingerprint density at radius 2 is 1.78 bits per heavy atom. The number of amides is 2. The first-order valence-electron chi connectivity index (χ1n) is 7.45. The van der Waals surface area contributed by atoms with Gasteiger partial charge in [0.1, 0.15) is 11.8 Å². The zero-order valence-electron chi connectivity index (χ0n) is 13.0. The maximum Gasteiger partial charge on any atom is 0.256 e. The summed E-state index contributed by atoms with van der Waals surface area (Å²) in [6.45, 7) is 3.97. The van der Waals surface area contributed by atoms with E-state index in [1.54, 1.807) is 12.1 Å². The van der Waals surface area contributed by atoms with Gasteiger partial charge in [0.15, 0.2) is 0 Å². The van der Waals surface area contributed by atoms with E-state index >= 15 is 0 Å². The van der Waals surface area contributed by atoms with Gasteiger partial charge in [-0.2, -0.15) is 0 Å². The fraction of sp³-hybridized carbons (Fsp3) is 0.222. The molecule has 5 heteroatoms. The number of anilines is 2. The lowest BCUT2D eigenvalue weighted by atomic mass is 10.1. The van der Waals surface area contributed by atoms with Crippen LogP contribution in [0, 0.1) is 13.8 Å². The van der Waals surface area contributed by atoms with Crippen LogP contribution in [0.4, 0.5) is 11.4 Å². The van der Waals surface area contributed by atoms with Gasteiger partial charge < -0.3 is 10.4 Å². The summed E-state index contributed by atoms with van der Waals surface area (Å²) in [6.07, 6.45) is 0.118. The van der Waals surface area contributed by atoms with Crippen molar-refractivity contribution in [2.45, 2.75) is 26.3 Å². The molecule has 0 spiro atoms. The summed E-state index contributed by atoms with van der Waals surface area (Å²) in [5.74, 6) is -0.429. The minimum atomic E-state index is -0.572. The van der Waals surface area contributed by atoms with Crippen molar-refractivity contribution in [3.8, 4) is 5.75 Å². The first kappa shape index (κ1) is 15.1. The van der Waals surface area contributed by atoms with Crippen molar-refractivity contribution < 1.29 is 14.7 Å². The third kappa shape index (κ3) is 2.90. The van der Waals surface area contributed by atoms with Crippen LogP contribution in [0.2, 0.25) is 0 Å². The number of phenols is 1. The molecule has 1 fully saturated rings. The number of carbonyl (C=O) groups is 2. The van der Waals surface area contributed by atoms with E-state index < -0.39 is 6.04 Å². The highest BCUT2D eigenvalue weighted by molar-refractivity contribution is 6.23. The van der Waals surface area contributed by atoms with Gasteiger partial charge in [-0.25, -0.2) is 4.90 Å². The SMILES string of the molecule is Cc1ccc(NC2CC(=O)N(c3ccc(O)cc3)C2=O)c(C)c1. The Bertz CT molecular complexity index is 768. The highest BCUT2D eigenvalue weighted by Gasteiger charge is 2.39. The van der Waals surface area contributed by atoms with Crippen LogP contribution in [0.3, 0.4) is 0 Å². The van der Waals surface area contributed by atoms with E-state index in [0.717, 1.165) is 16.8 Å². The second kappa shape index (κ2) is 5.76. The number of carbonyl (C=O) groups excluding carboxylic acids is 2. The van der Waals surface area contributed by atoms with E-state index in [1.807, 2.05) is 32.0 Å². The van der Waals surface area contributed by atoms with Crippen molar-refractivity contribution in [3.63, 3.8) is 0 Å². The van der Waals surface area contributed by atoms with E-state index in [9.17, 15) is 14.7 Å². The molecule has 0 aromatic heterocycles. The molecule has 1 saturated heterocycles. The van der Waals surface area contributed by atoms with Crippen LogP contribution in [-0.4, -0.2) is 23.0 Å². The van der Waals surface area contributed by atoms with Crippen LogP contribution in [0.25, 0.3) is 0 Å². The molecule has 1 heterocycles. The van der Waals surface area contributed by atoms with Crippen molar-refractivity contribution in [2.75, 3.05) is 10.2 Å². The first-order chi connectivity index (χ1) is 11.0. The minimum absolute atomic E-state index is 0.0952. The van der Waals surface area contributed by atoms with E-state index in [-0.39, 0.29) is 24.0 Å². The predicted octanol–water partition coefficient (Wildman–Crippen LogP) is 2.75. The van der Waals surface area contributed by atoms with Crippen LogP contribution in [0.15, 0.2) is 42.5 Å². The van der Waals surface area contributed by atoms with Crippen LogP contribution in [0.1, 0.15) is 17.5 Å². The molecule has 2 aromatic rings. The van der Waals surface area contributed by atoms with Gasteiger partial charge >= 0.3 is 0 Å². The number of rotatable bonds is 3. The first-order valence-corrected chi connectivity index (χ1v) is 7.45. The number of phenolic OH excluding ortho intramolecular Hbond substituents is 1. The lowest BCUT2D eigenvalue weighted by Gasteiger charge is -2.17. The molecule has 118 valence electrons. The molecule has 2 amide bonds. The maximum atomic E-state index is 12.6. The van der Waals surface area contributed by atoms with Crippen molar-refractivity contribution in [3.05, 3.63) is 53.6 Å². The number of nitrogens with zero attached hydrogens (tertiary/aromatic N) is 1. The van der Waals surface area contributed by atoms with Gasteiger partial charge in [0, 0.05) is 5.69 Å². The van der Waals surface area contributed by atoms with Gasteiger partial charge in [-0.15, -0.1) is 0 Å². The summed E-state index contributed by atoms with van der Waals surface area (Å²) in [4.78, 5) is 25.9. The maximum absolute atomic E-state index is 12.6. The number of hydrogen-bond acceptors (Lipinski definition) is 4. The zero-order chi connectivity index (χ0) is 16.6. The topological polar surface area (TPSA) is 69.6 Å². The summed E-state index contributed by atoms with van der Waals surface area (Å²) < 4.78 is 0. The molecule has 23 heavy (non-hydrogen) atoms. The highest BCUT2D eigenvalue weighted by atomic mass is 16.3. The molecule has 0 aliphatic carbocycles. The van der Waals surface area contributed by atoms with E-state index in [0.29, 0.717) is 5.69 Å². The van der Waals surface area contributed by atoms with E-state index in [4.69, 9.17) is 0 Å². The number of aryl methyl sites for hydroxylation is 2. The minimum Gasteiger partial charge on any atom is -0.508 e. The number of benzene rings is 2. The summed E-state index contributed by atoms with van der Waals surface area (Å²) >= 11 is 0. The van der Waals surface area contributed by atoms with Gasteiger partial charge in [0.25, 0.3) is 5.91 Å². The van der Waals surface area contributed by atoms with Crippen molar-refractivity contribution in [1.29, 1.82) is 0 Å². The average molecular weight is 310 g/mol. The molecule has 1 aliphatic rings. The number of hydrogen-bond donors (Lipinski definition) is 2. The van der Waals surface area contributed by atoms with Crippen LogP contribution >= 0.6 is 0 Å². The fourth-order valence-electron chi connectivity index (χ4n) is 2.78. The molecule has 2 aromatic carbocycles. The molecular formula is C18H18N2O3. The van der Waals surface area contributed by atoms with Gasteiger partial charge in [-0.1, -0.05) is 17.7 Å².